The number of ether oxygens (including phenoxy) is 3. The molecule has 0 N–H and O–H groups in total. The van der Waals surface area contributed by atoms with E-state index in [9.17, 15) is 9.59 Å². The number of rotatable bonds is 11. The van der Waals surface area contributed by atoms with Gasteiger partial charge < -0.3 is 14.2 Å². The number of aryl methyl sites for hydroxylation is 2. The van der Waals surface area contributed by atoms with Gasteiger partial charge in [0, 0.05) is 26.7 Å². The fourth-order valence-electron chi connectivity index (χ4n) is 2.64. The first kappa shape index (κ1) is 22.6. The van der Waals surface area contributed by atoms with Crippen LogP contribution in [0.4, 0.5) is 0 Å². The number of hydrogen-bond donors (Lipinski definition) is 0. The minimum atomic E-state index is -0.345. The highest BCUT2D eigenvalue weighted by atomic mass is 16.5. The van der Waals surface area contributed by atoms with E-state index in [1.807, 2.05) is 43.0 Å². The van der Waals surface area contributed by atoms with Crippen molar-refractivity contribution in [2.24, 2.45) is 0 Å². The van der Waals surface area contributed by atoms with Crippen LogP contribution in [0.3, 0.4) is 0 Å². The maximum atomic E-state index is 12.1. The van der Waals surface area contributed by atoms with Crippen LogP contribution < -0.4 is 0 Å². The Morgan fingerprint density at radius 3 is 1.45 bits per heavy atom. The van der Waals surface area contributed by atoms with Gasteiger partial charge in [-0.15, -0.1) is 0 Å². The summed E-state index contributed by atoms with van der Waals surface area (Å²) in [6, 6.07) is 14.5. The normalized spacial score (nSPS) is 10.8. The summed E-state index contributed by atoms with van der Waals surface area (Å²) in [4.78, 5) is 26.2. The minimum absolute atomic E-state index is 0.252. The predicted molar refractivity (Wildman–Crippen MR) is 111 cm³/mol. The van der Waals surface area contributed by atoms with E-state index in [4.69, 9.17) is 14.2 Å². The molecule has 156 valence electrons. The van der Waals surface area contributed by atoms with Crippen molar-refractivity contribution in [1.29, 1.82) is 0 Å². The zero-order valence-electron chi connectivity index (χ0n) is 17.3. The number of carbonyl (C=O) groups is 2. The second-order valence-corrected chi connectivity index (χ2v) is 6.84. The molecule has 2 aromatic rings. The van der Waals surface area contributed by atoms with Crippen LogP contribution in [0.2, 0.25) is 0 Å². The van der Waals surface area contributed by atoms with Crippen LogP contribution in [-0.2, 0) is 14.2 Å². The average Bonchev–Trinajstić information content (AvgIpc) is 2.72. The summed E-state index contributed by atoms with van der Waals surface area (Å²) in [5.41, 5.74) is 3.25. The molecule has 0 aliphatic rings. The standard InChI is InChI=1S/C23H29NO5/c1-18-4-8-20(9-5-18)22(25)28-16-13-24(12-15-27-3)14-17-29-23(26)21-10-6-19(2)7-11-21/h4-11H,12-17H2,1-3H3. The molecule has 6 nitrogen and oxygen atoms in total. The summed E-state index contributed by atoms with van der Waals surface area (Å²) in [7, 11) is 1.63. The zero-order chi connectivity index (χ0) is 21.1. The van der Waals surface area contributed by atoms with Crippen LogP contribution in [0.25, 0.3) is 0 Å². The summed E-state index contributed by atoms with van der Waals surface area (Å²) in [5.74, 6) is -0.690. The van der Waals surface area contributed by atoms with Crippen LogP contribution in [0.15, 0.2) is 48.5 Å². The summed E-state index contributed by atoms with van der Waals surface area (Å²) >= 11 is 0. The molecule has 29 heavy (non-hydrogen) atoms. The molecule has 0 radical (unpaired) electrons. The van der Waals surface area contributed by atoms with Gasteiger partial charge in [0.15, 0.2) is 0 Å². The lowest BCUT2D eigenvalue weighted by atomic mass is 10.1. The van der Waals surface area contributed by atoms with Gasteiger partial charge in [-0.3, -0.25) is 4.90 Å². The van der Waals surface area contributed by atoms with E-state index in [0.717, 1.165) is 11.1 Å². The third-order valence-electron chi connectivity index (χ3n) is 4.47. The summed E-state index contributed by atoms with van der Waals surface area (Å²) in [6.07, 6.45) is 0. The van der Waals surface area contributed by atoms with Crippen molar-refractivity contribution in [2.75, 3.05) is 46.6 Å². The third-order valence-corrected chi connectivity index (χ3v) is 4.47. The fourth-order valence-corrected chi connectivity index (χ4v) is 2.64. The molecule has 0 saturated carbocycles. The monoisotopic (exact) mass is 399 g/mol. The van der Waals surface area contributed by atoms with Crippen molar-refractivity contribution in [3.05, 3.63) is 70.8 Å². The highest BCUT2D eigenvalue weighted by molar-refractivity contribution is 5.89. The molecule has 0 heterocycles. The Balaban J connectivity index is 1.76. The predicted octanol–water partition coefficient (Wildman–Crippen LogP) is 3.27. The Hall–Kier alpha value is -2.70. The third kappa shape index (κ3) is 8.05. The highest BCUT2D eigenvalue weighted by Crippen LogP contribution is 2.06. The molecule has 0 spiro atoms. The molecule has 0 atom stereocenters. The Morgan fingerprint density at radius 2 is 1.07 bits per heavy atom. The van der Waals surface area contributed by atoms with Gasteiger partial charge in [0.1, 0.15) is 13.2 Å². The molecular weight excluding hydrogens is 370 g/mol. The summed E-state index contributed by atoms with van der Waals surface area (Å²) in [5, 5.41) is 0. The lowest BCUT2D eigenvalue weighted by Gasteiger charge is -2.21. The highest BCUT2D eigenvalue weighted by Gasteiger charge is 2.11. The Kier molecular flexibility index (Phi) is 9.34. The van der Waals surface area contributed by atoms with E-state index in [2.05, 4.69) is 0 Å². The number of methoxy groups -OCH3 is 1. The lowest BCUT2D eigenvalue weighted by Crippen LogP contribution is -2.34. The maximum Gasteiger partial charge on any atom is 0.338 e. The van der Waals surface area contributed by atoms with Crippen molar-refractivity contribution in [2.45, 2.75) is 13.8 Å². The first-order valence-corrected chi connectivity index (χ1v) is 9.68. The number of nitrogens with zero attached hydrogens (tertiary/aromatic N) is 1. The van der Waals surface area contributed by atoms with E-state index in [1.54, 1.807) is 31.4 Å². The maximum absolute atomic E-state index is 12.1. The largest absolute Gasteiger partial charge is 0.461 e. The fraction of sp³-hybridized carbons (Fsp3) is 0.391. The first-order valence-electron chi connectivity index (χ1n) is 9.68. The number of carbonyl (C=O) groups excluding carboxylic acids is 2. The molecule has 0 amide bonds. The van der Waals surface area contributed by atoms with Crippen LogP contribution in [0.5, 0.6) is 0 Å². The van der Waals surface area contributed by atoms with Gasteiger partial charge in [-0.1, -0.05) is 35.4 Å². The molecule has 0 aromatic heterocycles. The van der Waals surface area contributed by atoms with E-state index in [-0.39, 0.29) is 25.2 Å². The first-order chi connectivity index (χ1) is 14.0. The molecule has 2 aromatic carbocycles. The van der Waals surface area contributed by atoms with Crippen molar-refractivity contribution < 1.29 is 23.8 Å². The van der Waals surface area contributed by atoms with Crippen LogP contribution in [0, 0.1) is 13.8 Å². The average molecular weight is 399 g/mol. The van der Waals surface area contributed by atoms with Crippen LogP contribution in [-0.4, -0.2) is 63.4 Å². The zero-order valence-corrected chi connectivity index (χ0v) is 17.3. The number of hydrogen-bond acceptors (Lipinski definition) is 6. The van der Waals surface area contributed by atoms with Crippen LogP contribution >= 0.6 is 0 Å². The molecule has 2 rings (SSSR count). The van der Waals surface area contributed by atoms with Crippen molar-refractivity contribution in [1.82, 2.24) is 4.90 Å². The van der Waals surface area contributed by atoms with Gasteiger partial charge in [-0.05, 0) is 38.1 Å². The lowest BCUT2D eigenvalue weighted by molar-refractivity contribution is 0.0369. The van der Waals surface area contributed by atoms with Gasteiger partial charge in [-0.2, -0.15) is 0 Å². The molecule has 0 aliphatic heterocycles. The van der Waals surface area contributed by atoms with Gasteiger partial charge >= 0.3 is 11.9 Å². The SMILES string of the molecule is COCCN(CCOC(=O)c1ccc(C)cc1)CCOC(=O)c1ccc(C)cc1. The Bertz CT molecular complexity index is 707. The van der Waals surface area contributed by atoms with Crippen molar-refractivity contribution >= 4 is 11.9 Å². The second kappa shape index (κ2) is 12.0. The van der Waals surface area contributed by atoms with Crippen LogP contribution in [0.1, 0.15) is 31.8 Å². The smallest absolute Gasteiger partial charge is 0.338 e. The molecule has 0 saturated heterocycles. The quantitative estimate of drug-likeness (QED) is 0.541. The Labute approximate surface area is 172 Å². The van der Waals surface area contributed by atoms with Gasteiger partial charge in [0.2, 0.25) is 0 Å². The second-order valence-electron chi connectivity index (χ2n) is 6.84. The molecule has 0 aliphatic carbocycles. The summed E-state index contributed by atoms with van der Waals surface area (Å²) in [6.45, 7) is 6.69. The Morgan fingerprint density at radius 1 is 0.690 bits per heavy atom. The number of benzene rings is 2. The number of esters is 2. The van der Waals surface area contributed by atoms with E-state index in [1.165, 1.54) is 0 Å². The van der Waals surface area contributed by atoms with Crippen molar-refractivity contribution in [3.63, 3.8) is 0 Å². The topological polar surface area (TPSA) is 65.1 Å². The van der Waals surface area contributed by atoms with Gasteiger partial charge in [0.25, 0.3) is 0 Å². The molecular formula is C23H29NO5. The van der Waals surface area contributed by atoms with Crippen molar-refractivity contribution in [3.8, 4) is 0 Å². The van der Waals surface area contributed by atoms with E-state index >= 15 is 0 Å². The van der Waals surface area contributed by atoms with E-state index in [0.29, 0.717) is 37.4 Å². The summed E-state index contributed by atoms with van der Waals surface area (Å²) < 4.78 is 15.8. The van der Waals surface area contributed by atoms with Gasteiger partial charge in [-0.25, -0.2) is 9.59 Å². The molecule has 0 unspecified atom stereocenters. The molecule has 0 bridgehead atoms. The minimum Gasteiger partial charge on any atom is -0.461 e. The molecule has 6 heteroatoms. The van der Waals surface area contributed by atoms with E-state index < -0.39 is 0 Å². The molecule has 0 fully saturated rings. The van der Waals surface area contributed by atoms with Gasteiger partial charge in [0.05, 0.1) is 17.7 Å².